The van der Waals surface area contributed by atoms with E-state index in [1.807, 2.05) is 30.0 Å². The Balaban J connectivity index is 1.48. The molecule has 1 aliphatic rings. The quantitative estimate of drug-likeness (QED) is 0.735. The number of amides is 1. The lowest BCUT2D eigenvalue weighted by Crippen LogP contribution is -2.40. The van der Waals surface area contributed by atoms with Crippen LogP contribution in [0.5, 0.6) is 0 Å². The van der Waals surface area contributed by atoms with Crippen LogP contribution in [0.2, 0.25) is 0 Å². The van der Waals surface area contributed by atoms with E-state index in [-0.39, 0.29) is 5.91 Å². The predicted octanol–water partition coefficient (Wildman–Crippen LogP) is 3.48. The minimum atomic E-state index is 0.155. The summed E-state index contributed by atoms with van der Waals surface area (Å²) in [7, 11) is 0. The number of rotatable bonds is 3. The van der Waals surface area contributed by atoms with Gasteiger partial charge in [0.25, 0.3) is 0 Å². The highest BCUT2D eigenvalue weighted by Crippen LogP contribution is 2.27. The predicted molar refractivity (Wildman–Crippen MR) is 95.2 cm³/mol. The zero-order chi connectivity index (χ0) is 17.2. The topological polar surface area (TPSA) is 59.2 Å². The van der Waals surface area contributed by atoms with Gasteiger partial charge in [-0.3, -0.25) is 4.79 Å². The van der Waals surface area contributed by atoms with E-state index in [1.54, 1.807) is 18.8 Å². The molecule has 0 radical (unpaired) electrons. The minimum Gasteiger partial charge on any atom is -0.464 e. The van der Waals surface area contributed by atoms with Crippen molar-refractivity contribution < 1.29 is 9.21 Å². The minimum absolute atomic E-state index is 0.155. The van der Waals surface area contributed by atoms with Crippen molar-refractivity contribution in [3.05, 3.63) is 59.9 Å². The summed E-state index contributed by atoms with van der Waals surface area (Å²) < 4.78 is 5.62. The molecule has 1 fully saturated rings. The van der Waals surface area contributed by atoms with Crippen molar-refractivity contribution in [2.24, 2.45) is 0 Å². The first-order valence-corrected chi connectivity index (χ1v) is 8.71. The standard InChI is InChI=1S/C20H21N3O2/c1-14-4-5-17-16(12-25-19(17)9-14)10-20(24)23-8-2-3-15(11-23)18-6-7-21-13-22-18/h4-7,9,12-13,15H,2-3,8,10-11H2,1H3. The van der Waals surface area contributed by atoms with E-state index < -0.39 is 0 Å². The Morgan fingerprint density at radius 3 is 3.12 bits per heavy atom. The molecule has 0 spiro atoms. The maximum Gasteiger partial charge on any atom is 0.227 e. The van der Waals surface area contributed by atoms with E-state index in [2.05, 4.69) is 16.0 Å². The second-order valence-corrected chi connectivity index (χ2v) is 6.75. The van der Waals surface area contributed by atoms with Crippen LogP contribution in [0.1, 0.15) is 35.6 Å². The van der Waals surface area contributed by atoms with Crippen LogP contribution >= 0.6 is 0 Å². The summed E-state index contributed by atoms with van der Waals surface area (Å²) in [4.78, 5) is 23.1. The van der Waals surface area contributed by atoms with Gasteiger partial charge in [0.05, 0.1) is 12.7 Å². The molecule has 5 heteroatoms. The van der Waals surface area contributed by atoms with Gasteiger partial charge in [0.1, 0.15) is 11.9 Å². The number of likely N-dealkylation sites (tertiary alicyclic amines) is 1. The number of furan rings is 1. The molecule has 1 unspecified atom stereocenters. The molecule has 128 valence electrons. The lowest BCUT2D eigenvalue weighted by atomic mass is 9.94. The molecular formula is C20H21N3O2. The molecule has 1 aliphatic heterocycles. The summed E-state index contributed by atoms with van der Waals surface area (Å²) in [6, 6.07) is 8.05. The number of aromatic nitrogens is 2. The Morgan fingerprint density at radius 2 is 2.28 bits per heavy atom. The summed E-state index contributed by atoms with van der Waals surface area (Å²) in [6.07, 6.45) is 7.51. The van der Waals surface area contributed by atoms with Gasteiger partial charge in [-0.05, 0) is 37.5 Å². The molecule has 3 aromatic rings. The lowest BCUT2D eigenvalue weighted by molar-refractivity contribution is -0.131. The van der Waals surface area contributed by atoms with Crippen molar-refractivity contribution >= 4 is 16.9 Å². The number of benzene rings is 1. The molecule has 0 saturated carbocycles. The zero-order valence-corrected chi connectivity index (χ0v) is 14.3. The molecule has 0 aliphatic carbocycles. The van der Waals surface area contributed by atoms with E-state index in [0.29, 0.717) is 12.3 Å². The molecule has 5 nitrogen and oxygen atoms in total. The van der Waals surface area contributed by atoms with Gasteiger partial charge >= 0.3 is 0 Å². The molecule has 1 atom stereocenters. The monoisotopic (exact) mass is 335 g/mol. The molecule has 1 saturated heterocycles. The maximum atomic E-state index is 12.8. The smallest absolute Gasteiger partial charge is 0.227 e. The Hall–Kier alpha value is -2.69. The summed E-state index contributed by atoms with van der Waals surface area (Å²) >= 11 is 0. The summed E-state index contributed by atoms with van der Waals surface area (Å²) in [6.45, 7) is 3.58. The fourth-order valence-electron chi connectivity index (χ4n) is 3.59. The first-order chi connectivity index (χ1) is 12.2. The van der Waals surface area contributed by atoms with Gasteiger partial charge in [0, 0.05) is 41.8 Å². The van der Waals surface area contributed by atoms with Crippen LogP contribution in [0, 0.1) is 6.92 Å². The van der Waals surface area contributed by atoms with Crippen molar-refractivity contribution in [3.63, 3.8) is 0 Å². The van der Waals surface area contributed by atoms with Crippen LogP contribution in [-0.2, 0) is 11.2 Å². The van der Waals surface area contributed by atoms with E-state index in [1.165, 1.54) is 0 Å². The molecule has 2 aromatic heterocycles. The zero-order valence-electron chi connectivity index (χ0n) is 14.3. The van der Waals surface area contributed by atoms with Crippen LogP contribution in [0.15, 0.2) is 47.5 Å². The van der Waals surface area contributed by atoms with Crippen molar-refractivity contribution in [3.8, 4) is 0 Å². The van der Waals surface area contributed by atoms with Crippen LogP contribution < -0.4 is 0 Å². The highest BCUT2D eigenvalue weighted by molar-refractivity contribution is 5.88. The molecule has 1 aromatic carbocycles. The van der Waals surface area contributed by atoms with Crippen molar-refractivity contribution in [2.75, 3.05) is 13.1 Å². The molecule has 0 N–H and O–H groups in total. The van der Waals surface area contributed by atoms with Crippen molar-refractivity contribution in [2.45, 2.75) is 32.1 Å². The first kappa shape index (κ1) is 15.8. The Morgan fingerprint density at radius 1 is 1.36 bits per heavy atom. The third-order valence-corrected chi connectivity index (χ3v) is 4.95. The molecule has 0 bridgehead atoms. The second-order valence-electron chi connectivity index (χ2n) is 6.75. The fraction of sp³-hybridized carbons (Fsp3) is 0.350. The molecule has 25 heavy (non-hydrogen) atoms. The fourth-order valence-corrected chi connectivity index (χ4v) is 3.59. The van der Waals surface area contributed by atoms with E-state index >= 15 is 0 Å². The Kier molecular flexibility index (Phi) is 4.22. The number of hydrogen-bond donors (Lipinski definition) is 0. The van der Waals surface area contributed by atoms with Gasteiger partial charge in [-0.1, -0.05) is 12.1 Å². The number of carbonyl (C=O) groups excluding carboxylic acids is 1. The SMILES string of the molecule is Cc1ccc2c(CC(=O)N3CCCC(c4ccncn4)C3)coc2c1. The van der Waals surface area contributed by atoms with Crippen LogP contribution in [0.25, 0.3) is 11.0 Å². The Labute approximate surface area is 146 Å². The van der Waals surface area contributed by atoms with Gasteiger partial charge in [-0.2, -0.15) is 0 Å². The number of fused-ring (bicyclic) bond motifs is 1. The number of hydrogen-bond acceptors (Lipinski definition) is 4. The average Bonchev–Trinajstić information content (AvgIpc) is 3.04. The number of aryl methyl sites for hydroxylation is 1. The van der Waals surface area contributed by atoms with Crippen molar-refractivity contribution in [1.82, 2.24) is 14.9 Å². The van der Waals surface area contributed by atoms with Gasteiger partial charge in [0.15, 0.2) is 0 Å². The third kappa shape index (κ3) is 3.27. The maximum absolute atomic E-state index is 12.8. The van der Waals surface area contributed by atoms with E-state index in [0.717, 1.165) is 53.7 Å². The lowest BCUT2D eigenvalue weighted by Gasteiger charge is -2.32. The van der Waals surface area contributed by atoms with Gasteiger partial charge in [-0.15, -0.1) is 0 Å². The first-order valence-electron chi connectivity index (χ1n) is 8.71. The van der Waals surface area contributed by atoms with Gasteiger partial charge in [-0.25, -0.2) is 9.97 Å². The Bertz CT molecular complexity index is 888. The normalized spacial score (nSPS) is 17.8. The van der Waals surface area contributed by atoms with E-state index in [4.69, 9.17) is 4.42 Å². The highest BCUT2D eigenvalue weighted by Gasteiger charge is 2.26. The van der Waals surface area contributed by atoms with Crippen LogP contribution in [0.4, 0.5) is 0 Å². The van der Waals surface area contributed by atoms with Crippen LogP contribution in [0.3, 0.4) is 0 Å². The van der Waals surface area contributed by atoms with Gasteiger partial charge < -0.3 is 9.32 Å². The molecule has 3 heterocycles. The summed E-state index contributed by atoms with van der Waals surface area (Å²) in [5, 5.41) is 1.03. The number of carbonyl (C=O) groups is 1. The molecular weight excluding hydrogens is 314 g/mol. The number of piperidine rings is 1. The average molecular weight is 335 g/mol. The molecule has 4 rings (SSSR count). The summed E-state index contributed by atoms with van der Waals surface area (Å²) in [5.74, 6) is 0.450. The van der Waals surface area contributed by atoms with E-state index in [9.17, 15) is 4.79 Å². The third-order valence-electron chi connectivity index (χ3n) is 4.95. The number of nitrogens with zero attached hydrogens (tertiary/aromatic N) is 3. The largest absolute Gasteiger partial charge is 0.464 e. The second kappa shape index (κ2) is 6.67. The van der Waals surface area contributed by atoms with Crippen LogP contribution in [-0.4, -0.2) is 33.9 Å². The summed E-state index contributed by atoms with van der Waals surface area (Å²) in [5.41, 5.74) is 3.99. The van der Waals surface area contributed by atoms with Crippen molar-refractivity contribution in [1.29, 1.82) is 0 Å². The highest BCUT2D eigenvalue weighted by atomic mass is 16.3. The van der Waals surface area contributed by atoms with Gasteiger partial charge in [0.2, 0.25) is 5.91 Å². The molecule has 1 amide bonds.